The maximum Gasteiger partial charge on any atom is 0.326 e. The molecule has 3 rings (SSSR count). The minimum absolute atomic E-state index is 0.0998. The Bertz CT molecular complexity index is 808. The zero-order valence-electron chi connectivity index (χ0n) is 15.4. The monoisotopic (exact) mass is 373 g/mol. The number of carboxylic acids is 1. The molecule has 8 nitrogen and oxygen atoms in total. The third-order valence-corrected chi connectivity index (χ3v) is 5.26. The second-order valence-electron chi connectivity index (χ2n) is 7.10. The van der Waals surface area contributed by atoms with Gasteiger partial charge < -0.3 is 15.3 Å². The molecule has 1 aromatic rings. The largest absolute Gasteiger partial charge is 0.480 e. The Hall–Kier alpha value is -2.90. The van der Waals surface area contributed by atoms with Gasteiger partial charge in [0.2, 0.25) is 11.8 Å². The van der Waals surface area contributed by atoms with Crippen LogP contribution in [0, 0.1) is 0 Å². The maximum absolute atomic E-state index is 13.0. The zero-order chi connectivity index (χ0) is 19.8. The van der Waals surface area contributed by atoms with Crippen molar-refractivity contribution < 1.29 is 24.3 Å². The van der Waals surface area contributed by atoms with Crippen LogP contribution in [0.15, 0.2) is 24.3 Å². The standard InChI is InChI=1S/C19H23N3O5/c1-3-6-13(18(26)27)20-15(23)11-21-17(25)12-7-4-5-8-14(12)22-16(24)9-10-19(21,22)2/h4-5,7-8,13H,3,6,9-11H2,1-2H3,(H,20,23)(H,26,27). The predicted octanol–water partition coefficient (Wildman–Crippen LogP) is 1.35. The number of anilines is 1. The van der Waals surface area contributed by atoms with E-state index >= 15 is 0 Å². The summed E-state index contributed by atoms with van der Waals surface area (Å²) in [5.74, 6) is -2.10. The molecule has 2 atom stereocenters. The first-order chi connectivity index (χ1) is 12.8. The average molecular weight is 373 g/mol. The van der Waals surface area contributed by atoms with Crippen LogP contribution >= 0.6 is 0 Å². The first-order valence-corrected chi connectivity index (χ1v) is 9.06. The number of carbonyl (C=O) groups excluding carboxylic acids is 3. The SMILES string of the molecule is CCCC(NC(=O)CN1C(=O)c2ccccc2N2C(=O)CCC12C)C(=O)O. The Morgan fingerprint density at radius 1 is 1.30 bits per heavy atom. The molecule has 2 heterocycles. The molecule has 1 aromatic carbocycles. The number of fused-ring (bicyclic) bond motifs is 3. The van der Waals surface area contributed by atoms with E-state index in [1.165, 1.54) is 4.90 Å². The number of hydrogen-bond acceptors (Lipinski definition) is 4. The molecule has 2 unspecified atom stereocenters. The fourth-order valence-electron chi connectivity index (χ4n) is 3.87. The zero-order valence-corrected chi connectivity index (χ0v) is 15.4. The molecule has 1 saturated heterocycles. The van der Waals surface area contributed by atoms with E-state index in [-0.39, 0.29) is 24.8 Å². The van der Waals surface area contributed by atoms with Gasteiger partial charge in [-0.05, 0) is 31.9 Å². The fourth-order valence-corrected chi connectivity index (χ4v) is 3.87. The van der Waals surface area contributed by atoms with Crippen LogP contribution in [0.1, 0.15) is 49.9 Å². The second kappa shape index (κ2) is 7.02. The number of benzene rings is 1. The lowest BCUT2D eigenvalue weighted by molar-refractivity contribution is -0.142. The summed E-state index contributed by atoms with van der Waals surface area (Å²) in [6.07, 6.45) is 1.60. The van der Waals surface area contributed by atoms with E-state index in [1.807, 2.05) is 6.92 Å². The number of aliphatic carboxylic acids is 1. The molecule has 3 amide bonds. The van der Waals surface area contributed by atoms with Crippen LogP contribution in [0.2, 0.25) is 0 Å². The van der Waals surface area contributed by atoms with Gasteiger partial charge in [0.05, 0.1) is 11.3 Å². The number of para-hydroxylation sites is 1. The third kappa shape index (κ3) is 3.15. The molecular formula is C19H23N3O5. The lowest BCUT2D eigenvalue weighted by atomic mass is 9.98. The van der Waals surface area contributed by atoms with E-state index in [9.17, 15) is 24.3 Å². The molecular weight excluding hydrogens is 350 g/mol. The Balaban J connectivity index is 1.89. The minimum Gasteiger partial charge on any atom is -0.480 e. The topological polar surface area (TPSA) is 107 Å². The minimum atomic E-state index is -1.11. The van der Waals surface area contributed by atoms with Crippen LogP contribution < -0.4 is 10.2 Å². The Morgan fingerprint density at radius 2 is 2.00 bits per heavy atom. The number of amides is 3. The average Bonchev–Trinajstić information content (AvgIpc) is 2.94. The van der Waals surface area contributed by atoms with Gasteiger partial charge in [0.25, 0.3) is 5.91 Å². The molecule has 0 aliphatic carbocycles. The quantitative estimate of drug-likeness (QED) is 0.783. The predicted molar refractivity (Wildman–Crippen MR) is 97.1 cm³/mol. The molecule has 144 valence electrons. The van der Waals surface area contributed by atoms with Gasteiger partial charge in [0, 0.05) is 6.42 Å². The van der Waals surface area contributed by atoms with Gasteiger partial charge >= 0.3 is 5.97 Å². The highest BCUT2D eigenvalue weighted by Crippen LogP contribution is 2.43. The fraction of sp³-hybridized carbons (Fsp3) is 0.474. The molecule has 0 saturated carbocycles. The molecule has 0 bridgehead atoms. The number of rotatable bonds is 6. The van der Waals surface area contributed by atoms with E-state index in [0.717, 1.165) is 0 Å². The van der Waals surface area contributed by atoms with Crippen LogP contribution in [0.3, 0.4) is 0 Å². The summed E-state index contributed by atoms with van der Waals surface area (Å²) in [7, 11) is 0. The summed E-state index contributed by atoms with van der Waals surface area (Å²) in [5, 5.41) is 11.7. The summed E-state index contributed by atoms with van der Waals surface area (Å²) in [6, 6.07) is 5.84. The summed E-state index contributed by atoms with van der Waals surface area (Å²) in [4.78, 5) is 52.3. The smallest absolute Gasteiger partial charge is 0.326 e. The van der Waals surface area contributed by atoms with Gasteiger partial charge in [-0.25, -0.2) is 4.79 Å². The number of nitrogens with one attached hydrogen (secondary N) is 1. The van der Waals surface area contributed by atoms with Crippen molar-refractivity contribution in [2.75, 3.05) is 11.4 Å². The van der Waals surface area contributed by atoms with E-state index in [0.29, 0.717) is 30.5 Å². The van der Waals surface area contributed by atoms with Crippen molar-refractivity contribution in [3.05, 3.63) is 29.8 Å². The van der Waals surface area contributed by atoms with Gasteiger partial charge in [-0.3, -0.25) is 19.3 Å². The highest BCUT2D eigenvalue weighted by molar-refractivity contribution is 6.11. The summed E-state index contributed by atoms with van der Waals surface area (Å²) in [6.45, 7) is 3.29. The van der Waals surface area contributed by atoms with Crippen molar-refractivity contribution in [1.29, 1.82) is 0 Å². The lowest BCUT2D eigenvalue weighted by Crippen LogP contribution is -2.64. The molecule has 0 radical (unpaired) electrons. The Kier molecular flexibility index (Phi) is 4.91. The van der Waals surface area contributed by atoms with Crippen molar-refractivity contribution in [1.82, 2.24) is 10.2 Å². The van der Waals surface area contributed by atoms with Gasteiger partial charge in [-0.1, -0.05) is 25.5 Å². The first kappa shape index (κ1) is 18.9. The highest BCUT2D eigenvalue weighted by atomic mass is 16.4. The van der Waals surface area contributed by atoms with Crippen LogP contribution in [0.5, 0.6) is 0 Å². The normalized spacial score (nSPS) is 22.3. The molecule has 2 aliphatic rings. The van der Waals surface area contributed by atoms with Gasteiger partial charge in [-0.2, -0.15) is 0 Å². The van der Waals surface area contributed by atoms with Crippen LogP contribution in [0.25, 0.3) is 0 Å². The summed E-state index contributed by atoms with van der Waals surface area (Å²) in [5.41, 5.74) is -0.0245. The van der Waals surface area contributed by atoms with Crippen molar-refractivity contribution in [2.24, 2.45) is 0 Å². The Morgan fingerprint density at radius 3 is 2.67 bits per heavy atom. The van der Waals surface area contributed by atoms with Gasteiger partial charge in [-0.15, -0.1) is 0 Å². The van der Waals surface area contributed by atoms with Crippen molar-refractivity contribution in [3.63, 3.8) is 0 Å². The maximum atomic E-state index is 13.0. The number of nitrogens with zero attached hydrogens (tertiary/aromatic N) is 2. The molecule has 8 heteroatoms. The van der Waals surface area contributed by atoms with Crippen LogP contribution in [-0.2, 0) is 14.4 Å². The number of hydrogen-bond donors (Lipinski definition) is 2. The molecule has 27 heavy (non-hydrogen) atoms. The van der Waals surface area contributed by atoms with E-state index in [4.69, 9.17) is 0 Å². The van der Waals surface area contributed by atoms with Crippen LogP contribution in [0.4, 0.5) is 5.69 Å². The van der Waals surface area contributed by atoms with Crippen molar-refractivity contribution in [2.45, 2.75) is 51.2 Å². The Labute approximate surface area is 157 Å². The molecule has 2 N–H and O–H groups in total. The lowest BCUT2D eigenvalue weighted by Gasteiger charge is -2.48. The van der Waals surface area contributed by atoms with Crippen molar-refractivity contribution in [3.8, 4) is 0 Å². The van der Waals surface area contributed by atoms with Gasteiger partial charge in [0.1, 0.15) is 18.2 Å². The first-order valence-electron chi connectivity index (χ1n) is 9.06. The van der Waals surface area contributed by atoms with E-state index < -0.39 is 23.6 Å². The molecule has 0 aromatic heterocycles. The molecule has 0 spiro atoms. The second-order valence-corrected chi connectivity index (χ2v) is 7.10. The molecule has 2 aliphatic heterocycles. The van der Waals surface area contributed by atoms with E-state index in [2.05, 4.69) is 5.32 Å². The van der Waals surface area contributed by atoms with E-state index in [1.54, 1.807) is 36.1 Å². The van der Waals surface area contributed by atoms with Gasteiger partial charge in [0.15, 0.2) is 0 Å². The third-order valence-electron chi connectivity index (χ3n) is 5.26. The molecule has 1 fully saturated rings. The van der Waals surface area contributed by atoms with Crippen LogP contribution in [-0.4, -0.2) is 51.9 Å². The summed E-state index contributed by atoms with van der Waals surface area (Å²) >= 11 is 0. The number of carboxylic acid groups (broad SMARTS) is 1. The highest BCUT2D eigenvalue weighted by Gasteiger charge is 2.53. The van der Waals surface area contributed by atoms with Crippen molar-refractivity contribution >= 4 is 29.4 Å². The summed E-state index contributed by atoms with van der Waals surface area (Å²) < 4.78 is 0. The number of carbonyl (C=O) groups is 4.